The lowest BCUT2D eigenvalue weighted by Crippen LogP contribution is -2.69. The highest BCUT2D eigenvalue weighted by atomic mass is 16.7. The van der Waals surface area contributed by atoms with Crippen molar-refractivity contribution in [2.24, 2.45) is 0 Å². The van der Waals surface area contributed by atoms with Gasteiger partial charge >= 0.3 is 0 Å². The van der Waals surface area contributed by atoms with E-state index < -0.39 is 42.2 Å². The fraction of sp³-hybridized carbons (Fsp3) is 0.458. The molecule has 1 amide bonds. The van der Waals surface area contributed by atoms with Crippen molar-refractivity contribution in [3.05, 3.63) is 52.6 Å². The molecule has 0 aromatic heterocycles. The predicted molar refractivity (Wildman–Crippen MR) is 121 cm³/mol. The van der Waals surface area contributed by atoms with Gasteiger partial charge in [0.25, 0.3) is 5.91 Å². The third kappa shape index (κ3) is 3.68. The molecule has 10 nitrogen and oxygen atoms in total. The van der Waals surface area contributed by atoms with E-state index in [2.05, 4.69) is 15.5 Å². The summed E-state index contributed by atoms with van der Waals surface area (Å²) in [4.78, 5) is 14.9. The minimum absolute atomic E-state index is 0.0149. The number of ether oxygens (including phenoxy) is 2. The van der Waals surface area contributed by atoms with Crippen LogP contribution in [0, 0.1) is 0 Å². The number of aromatic hydroxyl groups is 1. The van der Waals surface area contributed by atoms with E-state index in [1.165, 1.54) is 0 Å². The molecule has 2 aliphatic heterocycles. The Kier molecular flexibility index (Phi) is 5.86. The zero-order valence-electron chi connectivity index (χ0n) is 18.9. The number of nitrogens with zero attached hydrogens (tertiary/aromatic N) is 1. The highest BCUT2D eigenvalue weighted by molar-refractivity contribution is 6.01. The number of hydrogen-bond acceptors (Lipinski definition) is 9. The van der Waals surface area contributed by atoms with E-state index in [1.54, 1.807) is 6.07 Å². The van der Waals surface area contributed by atoms with Crippen LogP contribution in [-0.4, -0.2) is 82.5 Å². The first-order valence-electron chi connectivity index (χ1n) is 11.2. The fourth-order valence-electron chi connectivity index (χ4n) is 5.31. The number of amides is 1. The van der Waals surface area contributed by atoms with Crippen LogP contribution in [-0.2, 0) is 13.1 Å². The Hall–Kier alpha value is -2.89. The quantitative estimate of drug-likeness (QED) is 0.344. The molecule has 2 aromatic rings. The lowest BCUT2D eigenvalue weighted by atomic mass is 9.68. The second kappa shape index (κ2) is 8.71. The van der Waals surface area contributed by atoms with Gasteiger partial charge in [0.15, 0.2) is 11.5 Å². The largest absolute Gasteiger partial charge is 0.504 e. The van der Waals surface area contributed by atoms with E-state index in [9.17, 15) is 25.2 Å². The highest BCUT2D eigenvalue weighted by Crippen LogP contribution is 2.50. The number of phenolic OH excluding ortho intramolecular Hbond substituents is 1. The van der Waals surface area contributed by atoms with Crippen LogP contribution in [0.3, 0.4) is 0 Å². The van der Waals surface area contributed by atoms with E-state index in [0.717, 1.165) is 17.7 Å². The lowest BCUT2D eigenvalue weighted by molar-refractivity contribution is -0.119. The van der Waals surface area contributed by atoms with Gasteiger partial charge in [-0.1, -0.05) is 24.3 Å². The molecule has 1 aliphatic carbocycles. The predicted octanol–water partition coefficient (Wildman–Crippen LogP) is -0.367. The van der Waals surface area contributed by atoms with Gasteiger partial charge < -0.3 is 45.4 Å². The Balaban J connectivity index is 1.53. The first-order valence-corrected chi connectivity index (χ1v) is 11.2. The van der Waals surface area contributed by atoms with Crippen molar-refractivity contribution >= 4 is 5.91 Å². The van der Waals surface area contributed by atoms with Gasteiger partial charge in [-0.2, -0.15) is 0 Å². The summed E-state index contributed by atoms with van der Waals surface area (Å²) in [6.07, 6.45) is -4.20. The van der Waals surface area contributed by atoms with Gasteiger partial charge in [0.05, 0.1) is 17.7 Å². The monoisotopic (exact) mass is 471 g/mol. The zero-order chi connectivity index (χ0) is 24.1. The second-order valence-corrected chi connectivity index (χ2v) is 9.33. The normalized spacial score (nSPS) is 29.5. The topological polar surface area (TPSA) is 144 Å². The van der Waals surface area contributed by atoms with Gasteiger partial charge in [0.2, 0.25) is 12.5 Å². The molecule has 6 N–H and O–H groups in total. The van der Waals surface area contributed by atoms with Gasteiger partial charge in [-0.15, -0.1) is 0 Å². The number of aliphatic hydroxyl groups is 3. The molecule has 5 rings (SSSR count). The summed E-state index contributed by atoms with van der Waals surface area (Å²) in [5.41, 5.74) is 2.57. The van der Waals surface area contributed by atoms with E-state index >= 15 is 0 Å². The lowest BCUT2D eigenvalue weighted by Gasteiger charge is -2.49. The molecule has 0 radical (unpaired) electrons. The van der Waals surface area contributed by atoms with E-state index in [-0.39, 0.29) is 29.6 Å². The van der Waals surface area contributed by atoms with Crippen molar-refractivity contribution in [1.29, 1.82) is 0 Å². The van der Waals surface area contributed by atoms with E-state index in [1.807, 2.05) is 38.4 Å². The first kappa shape index (κ1) is 22.9. The molecule has 0 bridgehead atoms. The Bertz CT molecular complexity index is 1110. The van der Waals surface area contributed by atoms with Crippen molar-refractivity contribution in [1.82, 2.24) is 15.5 Å². The molecule has 6 atom stereocenters. The molecule has 34 heavy (non-hydrogen) atoms. The second-order valence-electron chi connectivity index (χ2n) is 9.33. The van der Waals surface area contributed by atoms with Crippen molar-refractivity contribution in [2.75, 3.05) is 20.9 Å². The number of aliphatic hydroxyl groups excluding tert-OH is 3. The Morgan fingerprint density at radius 2 is 1.82 bits per heavy atom. The van der Waals surface area contributed by atoms with Crippen LogP contribution in [0.2, 0.25) is 0 Å². The number of rotatable bonds is 5. The number of nitrogens with one attached hydrogen (secondary N) is 2. The summed E-state index contributed by atoms with van der Waals surface area (Å²) in [6.45, 7) is 1.03. The van der Waals surface area contributed by atoms with Crippen molar-refractivity contribution in [3.8, 4) is 17.2 Å². The van der Waals surface area contributed by atoms with Gasteiger partial charge in [-0.3, -0.25) is 4.79 Å². The number of carbonyl (C=O) groups excluding carboxylic acids is 1. The maximum Gasteiger partial charge on any atom is 0.255 e. The standard InChI is InChI=1S/C24H29N3O7/c1-27(2)9-12-6-4-3-5-11(12)8-25-17-15-13-7-14-23(34-10-33-14)19(28)16(13)24(32)26-18(15)21(30)22(31)20(17)29/h3-7,15,17-18,20-22,25,28-31H,8-10H2,1-2H3,(H,26,32)/t15-,17+,18+,20-,21-,22+/m0/s1. The Morgan fingerprint density at radius 3 is 2.56 bits per heavy atom. The van der Waals surface area contributed by atoms with Crippen molar-refractivity contribution < 1.29 is 34.7 Å². The first-order chi connectivity index (χ1) is 16.3. The molecule has 10 heteroatoms. The maximum absolute atomic E-state index is 12.9. The molecular formula is C24H29N3O7. The molecule has 3 aliphatic rings. The van der Waals surface area contributed by atoms with Crippen LogP contribution in [0.1, 0.15) is 33.0 Å². The summed E-state index contributed by atoms with van der Waals surface area (Å²) in [5, 5.41) is 49.1. The molecule has 182 valence electrons. The zero-order valence-corrected chi connectivity index (χ0v) is 18.9. The van der Waals surface area contributed by atoms with Crippen molar-refractivity contribution in [2.45, 2.75) is 49.4 Å². The molecule has 0 saturated heterocycles. The van der Waals surface area contributed by atoms with Gasteiger partial charge in [0.1, 0.15) is 12.2 Å². The summed E-state index contributed by atoms with van der Waals surface area (Å²) < 4.78 is 10.7. The van der Waals surface area contributed by atoms with E-state index in [0.29, 0.717) is 12.1 Å². The van der Waals surface area contributed by atoms with Crippen LogP contribution in [0.5, 0.6) is 17.2 Å². The van der Waals surface area contributed by atoms with Crippen molar-refractivity contribution in [3.63, 3.8) is 0 Å². The minimum atomic E-state index is -1.47. The molecule has 2 heterocycles. The SMILES string of the molecule is CN(C)Cc1ccccc1CN[C@H]1[C@H](O)[C@@H](O)[C@@H](O)[C@@H]2NC(=O)c3c(cc4c(c3O)OCO4)[C@@H]12. The molecule has 1 fully saturated rings. The fourth-order valence-corrected chi connectivity index (χ4v) is 5.31. The number of carbonyl (C=O) groups is 1. The number of phenols is 1. The van der Waals surface area contributed by atoms with Crippen LogP contribution in [0.4, 0.5) is 0 Å². The molecule has 2 aromatic carbocycles. The molecule has 1 saturated carbocycles. The number of fused-ring (bicyclic) bond motifs is 4. The van der Waals surface area contributed by atoms with Crippen LogP contribution < -0.4 is 20.1 Å². The summed E-state index contributed by atoms with van der Waals surface area (Å²) >= 11 is 0. The number of hydrogen-bond donors (Lipinski definition) is 6. The van der Waals surface area contributed by atoms with Gasteiger partial charge in [0, 0.05) is 25.0 Å². The summed E-state index contributed by atoms with van der Waals surface area (Å²) in [7, 11) is 3.96. The highest BCUT2D eigenvalue weighted by Gasteiger charge is 2.54. The average molecular weight is 472 g/mol. The third-order valence-corrected chi connectivity index (χ3v) is 6.90. The number of benzene rings is 2. The maximum atomic E-state index is 12.9. The summed E-state index contributed by atoms with van der Waals surface area (Å²) in [6, 6.07) is 7.91. The summed E-state index contributed by atoms with van der Waals surface area (Å²) in [5.74, 6) is -1.21. The molecular weight excluding hydrogens is 442 g/mol. The third-order valence-electron chi connectivity index (χ3n) is 6.90. The average Bonchev–Trinajstić information content (AvgIpc) is 3.27. The Labute approximate surface area is 196 Å². The Morgan fingerprint density at radius 1 is 1.09 bits per heavy atom. The van der Waals surface area contributed by atoms with E-state index in [4.69, 9.17) is 9.47 Å². The van der Waals surface area contributed by atoms with Crippen LogP contribution in [0.25, 0.3) is 0 Å². The van der Waals surface area contributed by atoms with Crippen LogP contribution >= 0.6 is 0 Å². The molecule has 0 spiro atoms. The van der Waals surface area contributed by atoms with Gasteiger partial charge in [-0.05, 0) is 36.9 Å². The molecule has 0 unspecified atom stereocenters. The minimum Gasteiger partial charge on any atom is -0.504 e. The smallest absolute Gasteiger partial charge is 0.255 e. The van der Waals surface area contributed by atoms with Gasteiger partial charge in [-0.25, -0.2) is 0 Å². The van der Waals surface area contributed by atoms with Crippen LogP contribution in [0.15, 0.2) is 30.3 Å².